The molecule has 4 aromatic rings. The molecule has 0 spiro atoms. The molecule has 0 aliphatic heterocycles. The van der Waals surface area contributed by atoms with Gasteiger partial charge in [-0.1, -0.05) is 11.1 Å². The molecule has 19 nitrogen and oxygen atoms in total. The Morgan fingerprint density at radius 2 is 1.50 bits per heavy atom. The van der Waals surface area contributed by atoms with Gasteiger partial charge in [0.05, 0.1) is 32.9 Å². The lowest BCUT2D eigenvalue weighted by Gasteiger charge is -2.13. The van der Waals surface area contributed by atoms with E-state index in [4.69, 9.17) is 11.0 Å². The molecule has 0 saturated carbocycles. The molecule has 4 aromatic carbocycles. The average molecular weight is 669 g/mol. The second-order valence-corrected chi connectivity index (χ2v) is 11.8. The van der Waals surface area contributed by atoms with Gasteiger partial charge in [0.15, 0.2) is 11.5 Å². The number of phenolic OH excluding ortho intramolecular Hbond substituents is 2. The summed E-state index contributed by atoms with van der Waals surface area (Å²) in [7, 11) is -9.96. The number of aromatic hydroxyl groups is 2. The predicted molar refractivity (Wildman–Crippen MR) is 150 cm³/mol. The van der Waals surface area contributed by atoms with E-state index >= 15 is 0 Å². The average Bonchev–Trinajstić information content (AvgIpc) is 2.93. The highest BCUT2D eigenvalue weighted by atomic mass is 32.2. The molecular weight excluding hydrogens is 652 g/mol. The number of nitrogen functional groups attached to an aromatic ring is 1. The van der Waals surface area contributed by atoms with Crippen molar-refractivity contribution in [1.82, 2.24) is 0 Å². The molecule has 230 valence electrons. The number of nitro benzene ring substituents is 1. The SMILES string of the molecule is Nc1ccc(S(=O)(=O)O)c(N=Nc2c(SOOO)cc3cc(S(=O)(=O)O)c(N=Nc4cccc([N+](=O)[O-])c4)c(O)c3c2O)c1. The van der Waals surface area contributed by atoms with Gasteiger partial charge in [-0.05, 0) is 41.8 Å². The minimum absolute atomic E-state index is 0.00911. The first-order chi connectivity index (χ1) is 20.6. The highest BCUT2D eigenvalue weighted by molar-refractivity contribution is 7.94. The number of rotatable bonds is 10. The Bertz CT molecular complexity index is 2090. The van der Waals surface area contributed by atoms with Gasteiger partial charge in [-0.2, -0.15) is 21.9 Å². The fourth-order valence-electron chi connectivity index (χ4n) is 3.68. The van der Waals surface area contributed by atoms with E-state index in [0.29, 0.717) is 0 Å². The maximum absolute atomic E-state index is 12.2. The minimum Gasteiger partial charge on any atom is -0.505 e. The Hall–Kier alpha value is -4.81. The van der Waals surface area contributed by atoms with Crippen molar-refractivity contribution in [1.29, 1.82) is 0 Å². The number of azo groups is 2. The predicted octanol–water partition coefficient (Wildman–Crippen LogP) is 5.49. The van der Waals surface area contributed by atoms with E-state index in [1.54, 1.807) is 0 Å². The topological polar surface area (TPSA) is 306 Å². The van der Waals surface area contributed by atoms with Crippen LogP contribution in [0.15, 0.2) is 89.7 Å². The van der Waals surface area contributed by atoms with Gasteiger partial charge in [-0.3, -0.25) is 19.2 Å². The summed E-state index contributed by atoms with van der Waals surface area (Å²) in [6.45, 7) is 0. The third-order valence-corrected chi connectivity index (χ3v) is 7.90. The van der Waals surface area contributed by atoms with Crippen molar-refractivity contribution >= 4 is 77.2 Å². The van der Waals surface area contributed by atoms with Crippen LogP contribution in [0.25, 0.3) is 10.8 Å². The molecule has 0 radical (unpaired) electrons. The quantitative estimate of drug-likeness (QED) is 0.0231. The van der Waals surface area contributed by atoms with E-state index in [0.717, 1.165) is 42.5 Å². The molecule has 0 aromatic heterocycles. The van der Waals surface area contributed by atoms with Gasteiger partial charge in [-0.25, -0.2) is 5.26 Å². The highest BCUT2D eigenvalue weighted by Crippen LogP contribution is 2.51. The zero-order chi connectivity index (χ0) is 32.4. The summed E-state index contributed by atoms with van der Waals surface area (Å²) in [5.41, 5.74) is 3.17. The third kappa shape index (κ3) is 6.87. The first kappa shape index (κ1) is 32.1. The lowest BCUT2D eigenvalue weighted by Crippen LogP contribution is -1.99. The molecule has 22 heteroatoms. The highest BCUT2D eigenvalue weighted by Gasteiger charge is 2.27. The van der Waals surface area contributed by atoms with Gasteiger partial charge in [0.25, 0.3) is 25.9 Å². The van der Waals surface area contributed by atoms with Gasteiger partial charge in [0, 0.05) is 17.8 Å². The van der Waals surface area contributed by atoms with Crippen molar-refractivity contribution in [3.05, 3.63) is 64.7 Å². The van der Waals surface area contributed by atoms with Crippen LogP contribution < -0.4 is 5.73 Å². The number of hydrogen-bond acceptors (Lipinski definition) is 17. The summed E-state index contributed by atoms with van der Waals surface area (Å²) < 4.78 is 71.7. The molecule has 0 aliphatic carbocycles. The summed E-state index contributed by atoms with van der Waals surface area (Å²) in [6.07, 6.45) is 0. The third-order valence-electron chi connectivity index (χ3n) is 5.51. The molecule has 0 fully saturated rings. The Morgan fingerprint density at radius 1 is 0.841 bits per heavy atom. The molecular formula is C22H16N6O13S3. The molecule has 0 aliphatic rings. The molecule has 4 rings (SSSR count). The van der Waals surface area contributed by atoms with Crippen LogP contribution in [0.5, 0.6) is 11.5 Å². The second kappa shape index (κ2) is 12.4. The van der Waals surface area contributed by atoms with Crippen molar-refractivity contribution in [3.8, 4) is 11.5 Å². The van der Waals surface area contributed by atoms with Crippen LogP contribution in [-0.2, 0) is 29.6 Å². The van der Waals surface area contributed by atoms with E-state index in [2.05, 4.69) is 29.8 Å². The van der Waals surface area contributed by atoms with Crippen molar-refractivity contribution in [3.63, 3.8) is 0 Å². The van der Waals surface area contributed by atoms with E-state index in [9.17, 15) is 46.3 Å². The lowest BCUT2D eigenvalue weighted by molar-refractivity contribution is -0.432. The van der Waals surface area contributed by atoms with E-state index in [1.807, 2.05) is 0 Å². The lowest BCUT2D eigenvalue weighted by atomic mass is 10.1. The van der Waals surface area contributed by atoms with Crippen LogP contribution in [0, 0.1) is 10.1 Å². The molecule has 0 bridgehead atoms. The van der Waals surface area contributed by atoms with Crippen LogP contribution in [0.1, 0.15) is 0 Å². The standard InChI is InChI=1S/C22H16N6O13S3/c23-11-4-5-16(43(34,35)36)14(8-11)25-26-19-15(42-41-40-33)6-10-7-17(44(37,38)39)20(22(30)18(10)21(19)29)27-24-12-2-1-3-13(9-12)28(31)32/h1-9,29-30,33H,23H2,(H,34,35,36)(H,37,38,39). The number of nitrogens with two attached hydrogens (primary N) is 1. The van der Waals surface area contributed by atoms with E-state index in [1.165, 1.54) is 12.1 Å². The maximum Gasteiger partial charge on any atom is 0.296 e. The summed E-state index contributed by atoms with van der Waals surface area (Å²) >= 11 is 0.190. The maximum atomic E-state index is 12.2. The molecule has 0 atom stereocenters. The zero-order valence-electron chi connectivity index (χ0n) is 21.2. The normalized spacial score (nSPS) is 12.4. The minimum atomic E-state index is -5.14. The number of hydrogen-bond donors (Lipinski definition) is 6. The molecule has 0 saturated heterocycles. The fraction of sp³-hybridized carbons (Fsp3) is 0. The van der Waals surface area contributed by atoms with Crippen molar-refractivity contribution in [2.45, 2.75) is 14.7 Å². The largest absolute Gasteiger partial charge is 0.505 e. The van der Waals surface area contributed by atoms with Gasteiger partial charge < -0.3 is 15.9 Å². The van der Waals surface area contributed by atoms with Crippen LogP contribution in [0.3, 0.4) is 0 Å². The number of anilines is 1. The zero-order valence-corrected chi connectivity index (χ0v) is 23.7. The molecule has 0 unspecified atom stereocenters. The number of nitrogens with zero attached hydrogens (tertiary/aromatic N) is 5. The van der Waals surface area contributed by atoms with Gasteiger partial charge in [0.2, 0.25) is 0 Å². The molecule has 0 amide bonds. The Kier molecular flexibility index (Phi) is 9.07. The number of phenols is 2. The Morgan fingerprint density at radius 3 is 2.14 bits per heavy atom. The first-order valence-corrected chi connectivity index (χ1v) is 14.9. The van der Waals surface area contributed by atoms with Crippen LogP contribution in [0.4, 0.5) is 34.1 Å². The van der Waals surface area contributed by atoms with Crippen molar-refractivity contribution < 1.29 is 55.7 Å². The number of benzene rings is 4. The fourth-order valence-corrected chi connectivity index (χ4v) is 5.43. The number of non-ortho nitro benzene ring substituents is 1. The monoisotopic (exact) mass is 668 g/mol. The Balaban J connectivity index is 1.99. The number of fused-ring (bicyclic) bond motifs is 1. The van der Waals surface area contributed by atoms with Crippen LogP contribution in [0.2, 0.25) is 0 Å². The smallest absolute Gasteiger partial charge is 0.296 e. The van der Waals surface area contributed by atoms with Gasteiger partial charge in [0.1, 0.15) is 26.9 Å². The summed E-state index contributed by atoms with van der Waals surface area (Å²) in [6, 6.07) is 9.55. The van der Waals surface area contributed by atoms with Crippen molar-refractivity contribution in [2.24, 2.45) is 20.5 Å². The van der Waals surface area contributed by atoms with E-state index in [-0.39, 0.29) is 39.4 Å². The molecule has 44 heavy (non-hydrogen) atoms. The number of nitro groups is 1. The summed E-state index contributed by atoms with van der Waals surface area (Å²) in [4.78, 5) is 8.33. The summed E-state index contributed by atoms with van der Waals surface area (Å²) in [5, 5.41) is 59.4. The Labute approximate surface area is 249 Å². The van der Waals surface area contributed by atoms with Crippen LogP contribution in [-0.4, -0.2) is 46.3 Å². The first-order valence-electron chi connectivity index (χ1n) is 11.2. The molecule has 0 heterocycles. The summed E-state index contributed by atoms with van der Waals surface area (Å²) in [5.74, 6) is -2.02. The van der Waals surface area contributed by atoms with E-state index < -0.39 is 68.9 Å². The van der Waals surface area contributed by atoms with Crippen LogP contribution >= 0.6 is 12.0 Å². The molecule has 7 N–H and O–H groups in total. The van der Waals surface area contributed by atoms with Gasteiger partial charge in [-0.15, -0.1) is 19.7 Å². The van der Waals surface area contributed by atoms with Gasteiger partial charge >= 0.3 is 0 Å². The van der Waals surface area contributed by atoms with Crippen molar-refractivity contribution in [2.75, 3.05) is 5.73 Å². The second-order valence-electron chi connectivity index (χ2n) is 8.32.